The Morgan fingerprint density at radius 1 is 1.47 bits per heavy atom. The quantitative estimate of drug-likeness (QED) is 0.796. The van der Waals surface area contributed by atoms with Gasteiger partial charge in [-0.2, -0.15) is 13.1 Å². The third-order valence-corrected chi connectivity index (χ3v) is 2.89. The van der Waals surface area contributed by atoms with E-state index >= 15 is 0 Å². The second kappa shape index (κ2) is 5.35. The van der Waals surface area contributed by atoms with Crippen LogP contribution in [-0.2, 0) is 19.2 Å². The summed E-state index contributed by atoms with van der Waals surface area (Å²) in [5, 5.41) is 0. The van der Waals surface area contributed by atoms with Crippen LogP contribution in [0.5, 0.6) is 0 Å². The second-order valence-corrected chi connectivity index (χ2v) is 6.85. The van der Waals surface area contributed by atoms with Crippen molar-refractivity contribution in [1.29, 1.82) is 0 Å². The van der Waals surface area contributed by atoms with Crippen molar-refractivity contribution in [2.75, 3.05) is 13.2 Å². The second-order valence-electron chi connectivity index (χ2n) is 2.95. The predicted molar refractivity (Wildman–Crippen MR) is 57.3 cm³/mol. The van der Waals surface area contributed by atoms with Gasteiger partial charge in [0.2, 0.25) is 3.79 Å². The Hall–Kier alpha value is 0.700. The number of hydrogen-bond donors (Lipinski definition) is 1. The average Bonchev–Trinajstić information content (AvgIpc) is 2.52. The highest BCUT2D eigenvalue weighted by molar-refractivity contribution is 7.84. The van der Waals surface area contributed by atoms with Gasteiger partial charge in [-0.3, -0.25) is 4.18 Å². The van der Waals surface area contributed by atoms with Crippen LogP contribution in [-0.4, -0.2) is 31.7 Å². The lowest BCUT2D eigenvalue weighted by atomic mass is 10.3. The summed E-state index contributed by atoms with van der Waals surface area (Å²) in [6, 6.07) is 0. The molecule has 1 aliphatic rings. The minimum Gasteiger partial charge on any atom is -0.362 e. The molecule has 0 unspecified atom stereocenters. The molecule has 1 atom stereocenters. The Bertz CT molecular complexity index is 296. The maximum absolute atomic E-state index is 11.2. The Balaban J connectivity index is 2.38. The first-order valence-electron chi connectivity index (χ1n) is 4.13. The van der Waals surface area contributed by atoms with Crippen LogP contribution >= 0.6 is 34.8 Å². The van der Waals surface area contributed by atoms with E-state index in [0.717, 1.165) is 6.42 Å². The fraction of sp³-hybridized carbons (Fsp3) is 1.00. The Kier molecular flexibility index (Phi) is 4.91. The van der Waals surface area contributed by atoms with Crippen molar-refractivity contribution in [3.05, 3.63) is 0 Å². The molecule has 1 aliphatic heterocycles. The Labute approximate surface area is 103 Å². The van der Waals surface area contributed by atoms with E-state index in [1.54, 1.807) is 0 Å². The lowest BCUT2D eigenvalue weighted by Gasteiger charge is -2.14. The minimum atomic E-state index is -3.93. The topological polar surface area (TPSA) is 64.6 Å². The van der Waals surface area contributed by atoms with Gasteiger partial charge in [-0.25, -0.2) is 0 Å². The van der Waals surface area contributed by atoms with Crippen LogP contribution in [0.15, 0.2) is 0 Å². The SMILES string of the molecule is O=S(=O)(N[C@@H]1CCCO1)OCC(Cl)(Cl)Cl. The lowest BCUT2D eigenvalue weighted by Crippen LogP contribution is -2.36. The molecule has 0 bridgehead atoms. The highest BCUT2D eigenvalue weighted by Gasteiger charge is 2.27. The van der Waals surface area contributed by atoms with E-state index < -0.39 is 26.9 Å². The predicted octanol–water partition coefficient (Wildman–Crippen LogP) is 1.34. The number of rotatable bonds is 4. The molecule has 0 spiro atoms. The molecular formula is C6H10Cl3NO4S. The first-order valence-corrected chi connectivity index (χ1v) is 6.68. The summed E-state index contributed by atoms with van der Waals surface area (Å²) in [5.74, 6) is 0. The molecule has 0 radical (unpaired) electrons. The average molecular weight is 299 g/mol. The van der Waals surface area contributed by atoms with Gasteiger partial charge in [0.25, 0.3) is 0 Å². The molecule has 0 aromatic rings. The van der Waals surface area contributed by atoms with Crippen LogP contribution in [0.25, 0.3) is 0 Å². The molecule has 0 aromatic carbocycles. The highest BCUT2D eigenvalue weighted by Crippen LogP contribution is 2.26. The van der Waals surface area contributed by atoms with E-state index in [9.17, 15) is 8.42 Å². The zero-order valence-electron chi connectivity index (χ0n) is 7.58. The van der Waals surface area contributed by atoms with Gasteiger partial charge in [0.15, 0.2) is 0 Å². The van der Waals surface area contributed by atoms with Crippen molar-refractivity contribution in [2.24, 2.45) is 0 Å². The molecule has 1 N–H and O–H groups in total. The number of halogens is 3. The van der Waals surface area contributed by atoms with Crippen molar-refractivity contribution in [1.82, 2.24) is 4.72 Å². The Morgan fingerprint density at radius 2 is 2.13 bits per heavy atom. The van der Waals surface area contributed by atoms with E-state index in [1.165, 1.54) is 0 Å². The molecule has 0 saturated carbocycles. The van der Waals surface area contributed by atoms with E-state index in [1.807, 2.05) is 0 Å². The van der Waals surface area contributed by atoms with Crippen LogP contribution < -0.4 is 4.72 Å². The van der Waals surface area contributed by atoms with Crippen LogP contribution in [0.1, 0.15) is 12.8 Å². The summed E-state index contributed by atoms with van der Waals surface area (Å²) in [6.07, 6.45) is 0.860. The summed E-state index contributed by atoms with van der Waals surface area (Å²) in [5.41, 5.74) is 0. The van der Waals surface area contributed by atoms with Gasteiger partial charge >= 0.3 is 10.3 Å². The molecular weight excluding hydrogens is 288 g/mol. The lowest BCUT2D eigenvalue weighted by molar-refractivity contribution is 0.0989. The maximum atomic E-state index is 11.2. The fourth-order valence-electron chi connectivity index (χ4n) is 1.01. The smallest absolute Gasteiger partial charge is 0.338 e. The zero-order valence-corrected chi connectivity index (χ0v) is 10.7. The molecule has 1 fully saturated rings. The van der Waals surface area contributed by atoms with E-state index in [-0.39, 0.29) is 0 Å². The third-order valence-electron chi connectivity index (χ3n) is 1.58. The van der Waals surface area contributed by atoms with E-state index in [2.05, 4.69) is 8.91 Å². The van der Waals surface area contributed by atoms with Crippen molar-refractivity contribution in [2.45, 2.75) is 22.9 Å². The Morgan fingerprint density at radius 3 is 2.60 bits per heavy atom. The maximum Gasteiger partial charge on any atom is 0.338 e. The molecule has 0 aromatic heterocycles. The number of ether oxygens (including phenoxy) is 1. The highest BCUT2D eigenvalue weighted by atomic mass is 35.6. The minimum absolute atomic E-state index is 0.525. The standard InChI is InChI=1S/C6H10Cl3NO4S/c7-6(8,9)4-14-15(11,12)10-5-2-1-3-13-5/h5,10H,1-4H2/t5-/m0/s1. The number of nitrogens with one attached hydrogen (secondary N) is 1. The first-order chi connectivity index (χ1) is 6.79. The largest absolute Gasteiger partial charge is 0.362 e. The van der Waals surface area contributed by atoms with E-state index in [4.69, 9.17) is 39.5 Å². The molecule has 0 aliphatic carbocycles. The van der Waals surface area contributed by atoms with Crippen molar-refractivity contribution < 1.29 is 17.3 Å². The van der Waals surface area contributed by atoms with Gasteiger partial charge in [-0.05, 0) is 12.8 Å². The first kappa shape index (κ1) is 13.8. The van der Waals surface area contributed by atoms with Crippen LogP contribution in [0.4, 0.5) is 0 Å². The molecule has 90 valence electrons. The fourth-order valence-corrected chi connectivity index (χ4v) is 2.28. The summed E-state index contributed by atoms with van der Waals surface area (Å²) in [4.78, 5) is 0. The summed E-state index contributed by atoms with van der Waals surface area (Å²) < 4.78 is 32.4. The third kappa shape index (κ3) is 6.11. The molecule has 0 amide bonds. The van der Waals surface area contributed by atoms with Gasteiger partial charge in [0, 0.05) is 6.61 Å². The molecule has 1 rings (SSSR count). The molecule has 15 heavy (non-hydrogen) atoms. The monoisotopic (exact) mass is 297 g/mol. The van der Waals surface area contributed by atoms with Crippen LogP contribution in [0, 0.1) is 0 Å². The van der Waals surface area contributed by atoms with Gasteiger partial charge in [-0.15, -0.1) is 0 Å². The summed E-state index contributed by atoms with van der Waals surface area (Å²) in [7, 11) is -3.93. The van der Waals surface area contributed by atoms with Crippen molar-refractivity contribution >= 4 is 45.1 Å². The van der Waals surface area contributed by atoms with Gasteiger partial charge < -0.3 is 4.74 Å². The van der Waals surface area contributed by atoms with Crippen LogP contribution in [0.3, 0.4) is 0 Å². The van der Waals surface area contributed by atoms with E-state index in [0.29, 0.717) is 13.0 Å². The number of alkyl halides is 3. The van der Waals surface area contributed by atoms with Gasteiger partial charge in [0.05, 0.1) is 0 Å². The summed E-state index contributed by atoms with van der Waals surface area (Å²) >= 11 is 16.0. The molecule has 1 heterocycles. The number of hydrogen-bond acceptors (Lipinski definition) is 4. The normalized spacial score (nSPS) is 23.3. The van der Waals surface area contributed by atoms with Crippen molar-refractivity contribution in [3.63, 3.8) is 0 Å². The van der Waals surface area contributed by atoms with Gasteiger partial charge in [-0.1, -0.05) is 34.8 Å². The molecule has 1 saturated heterocycles. The summed E-state index contributed by atoms with van der Waals surface area (Å²) in [6.45, 7) is -0.0165. The van der Waals surface area contributed by atoms with Crippen LogP contribution in [0.2, 0.25) is 0 Å². The zero-order chi connectivity index (χ0) is 11.5. The molecule has 5 nitrogen and oxygen atoms in total. The van der Waals surface area contributed by atoms with Crippen molar-refractivity contribution in [3.8, 4) is 0 Å². The molecule has 9 heteroatoms. The van der Waals surface area contributed by atoms with Gasteiger partial charge in [0.1, 0.15) is 12.8 Å².